The van der Waals surface area contributed by atoms with Gasteiger partial charge in [0.25, 0.3) is 0 Å². The Morgan fingerprint density at radius 3 is 2.73 bits per heavy atom. The van der Waals surface area contributed by atoms with E-state index in [4.69, 9.17) is 9.47 Å². The largest absolute Gasteiger partial charge is 0.466 e. The van der Waals surface area contributed by atoms with Crippen LogP contribution in [0, 0.1) is 29.1 Å². The monoisotopic (exact) mass is 360 g/mol. The molecule has 26 heavy (non-hydrogen) atoms. The summed E-state index contributed by atoms with van der Waals surface area (Å²) in [6.07, 6.45) is 5.65. The molecular weight excluding hydrogens is 332 g/mol. The zero-order valence-corrected chi connectivity index (χ0v) is 16.2. The number of methoxy groups -OCH3 is 1. The minimum Gasteiger partial charge on any atom is -0.466 e. The number of ketones is 1. The van der Waals surface area contributed by atoms with Crippen LogP contribution in [0.3, 0.4) is 0 Å². The van der Waals surface area contributed by atoms with Gasteiger partial charge in [-0.3, -0.25) is 4.79 Å². The van der Waals surface area contributed by atoms with Gasteiger partial charge in [0, 0.05) is 35.7 Å². The van der Waals surface area contributed by atoms with E-state index in [1.807, 2.05) is 33.8 Å². The quantitative estimate of drug-likeness (QED) is 0.605. The summed E-state index contributed by atoms with van der Waals surface area (Å²) >= 11 is 0. The number of esters is 1. The zero-order valence-electron chi connectivity index (χ0n) is 16.2. The van der Waals surface area contributed by atoms with Crippen molar-refractivity contribution < 1.29 is 24.2 Å². The van der Waals surface area contributed by atoms with E-state index in [-0.39, 0.29) is 30.0 Å². The second kappa shape index (κ2) is 5.29. The molecule has 2 bridgehead atoms. The molecule has 1 N–H and O–H groups in total. The van der Waals surface area contributed by atoms with E-state index in [1.165, 1.54) is 12.7 Å². The molecule has 1 saturated heterocycles. The number of carbonyl (C=O) groups is 2. The van der Waals surface area contributed by atoms with Gasteiger partial charge in [-0.15, -0.1) is 0 Å². The molecule has 1 heterocycles. The van der Waals surface area contributed by atoms with Crippen molar-refractivity contribution in [1.29, 1.82) is 0 Å². The van der Waals surface area contributed by atoms with E-state index in [0.29, 0.717) is 12.0 Å². The topological polar surface area (TPSA) is 72.8 Å². The Morgan fingerprint density at radius 1 is 1.42 bits per heavy atom. The summed E-state index contributed by atoms with van der Waals surface area (Å²) in [6.45, 7) is 7.94. The number of hydrogen-bond acceptors (Lipinski definition) is 5. The molecule has 0 amide bonds. The fraction of sp³-hybridized carbons (Fsp3) is 0.714. The fourth-order valence-corrected chi connectivity index (χ4v) is 6.17. The molecule has 1 saturated carbocycles. The molecule has 5 nitrogen and oxygen atoms in total. The average Bonchev–Trinajstić information content (AvgIpc) is 2.72. The zero-order chi connectivity index (χ0) is 19.1. The standard InChI is InChI=1S/C21H28O5/c1-11(2)13-10-21(24)19(4)15-7-6-12(3)8-20(15,26-21)9-14(18(23)25-5)16(19)17(13)22/h6,9,11,13,15-16,24H,7-8,10H2,1-5H3. The van der Waals surface area contributed by atoms with Gasteiger partial charge in [-0.05, 0) is 25.3 Å². The Balaban J connectivity index is 1.96. The minimum absolute atomic E-state index is 0.0285. The van der Waals surface area contributed by atoms with Crippen molar-refractivity contribution in [3.63, 3.8) is 0 Å². The Kier molecular flexibility index (Phi) is 3.65. The van der Waals surface area contributed by atoms with Gasteiger partial charge < -0.3 is 14.6 Å². The summed E-state index contributed by atoms with van der Waals surface area (Å²) in [7, 11) is 1.34. The summed E-state index contributed by atoms with van der Waals surface area (Å²) < 4.78 is 11.5. The molecule has 0 aromatic rings. The van der Waals surface area contributed by atoms with Crippen LogP contribution in [0.5, 0.6) is 0 Å². The lowest BCUT2D eigenvalue weighted by Gasteiger charge is -2.54. The van der Waals surface area contributed by atoms with Crippen LogP contribution < -0.4 is 0 Å². The number of aliphatic hydroxyl groups is 1. The van der Waals surface area contributed by atoms with Crippen molar-refractivity contribution in [1.82, 2.24) is 0 Å². The molecule has 5 heteroatoms. The summed E-state index contributed by atoms with van der Waals surface area (Å²) in [5, 5.41) is 11.7. The predicted octanol–water partition coefficient (Wildman–Crippen LogP) is 2.78. The summed E-state index contributed by atoms with van der Waals surface area (Å²) in [4.78, 5) is 26.1. The normalized spacial score (nSPS) is 46.6. The maximum Gasteiger partial charge on any atom is 0.334 e. The maximum absolute atomic E-state index is 13.4. The molecule has 0 spiro atoms. The second-order valence-electron chi connectivity index (χ2n) is 9.12. The van der Waals surface area contributed by atoms with E-state index in [0.717, 1.165) is 6.42 Å². The van der Waals surface area contributed by atoms with Crippen molar-refractivity contribution in [3.8, 4) is 0 Å². The van der Waals surface area contributed by atoms with Crippen molar-refractivity contribution >= 4 is 11.8 Å². The molecule has 2 fully saturated rings. The summed E-state index contributed by atoms with van der Waals surface area (Å²) in [5.74, 6) is -2.86. The second-order valence-corrected chi connectivity index (χ2v) is 9.12. The Hall–Kier alpha value is -1.46. The first-order chi connectivity index (χ1) is 12.1. The molecule has 4 rings (SSSR count). The van der Waals surface area contributed by atoms with Crippen LogP contribution in [0.4, 0.5) is 0 Å². The average molecular weight is 360 g/mol. The van der Waals surface area contributed by atoms with Crippen LogP contribution in [0.15, 0.2) is 23.3 Å². The first-order valence-corrected chi connectivity index (χ1v) is 9.52. The number of hydrogen-bond donors (Lipinski definition) is 1. The summed E-state index contributed by atoms with van der Waals surface area (Å²) in [6, 6.07) is 0. The van der Waals surface area contributed by atoms with Crippen LogP contribution >= 0.6 is 0 Å². The van der Waals surface area contributed by atoms with E-state index in [1.54, 1.807) is 0 Å². The SMILES string of the molecule is COC(=O)C1=CC23CC(C)=CCC2C2(C)C1C(=O)C(C(C)C)CC2(O)O3. The van der Waals surface area contributed by atoms with E-state index in [9.17, 15) is 14.7 Å². The highest BCUT2D eigenvalue weighted by molar-refractivity contribution is 6.00. The molecule has 3 aliphatic carbocycles. The van der Waals surface area contributed by atoms with Crippen LogP contribution in [0.25, 0.3) is 0 Å². The first-order valence-electron chi connectivity index (χ1n) is 9.52. The molecule has 6 atom stereocenters. The third kappa shape index (κ3) is 1.93. The lowest BCUT2D eigenvalue weighted by molar-refractivity contribution is -0.271. The van der Waals surface area contributed by atoms with E-state index in [2.05, 4.69) is 6.08 Å². The van der Waals surface area contributed by atoms with Gasteiger partial charge in [-0.1, -0.05) is 32.4 Å². The van der Waals surface area contributed by atoms with Gasteiger partial charge in [0.2, 0.25) is 0 Å². The van der Waals surface area contributed by atoms with Gasteiger partial charge in [0.15, 0.2) is 5.79 Å². The molecule has 1 aliphatic heterocycles. The third-order valence-corrected chi connectivity index (χ3v) is 7.45. The molecule has 0 aromatic carbocycles. The highest BCUT2D eigenvalue weighted by Crippen LogP contribution is 2.70. The number of Topliss-reactive ketones (excluding diaryl/α,β-unsaturated/α-hetero) is 1. The number of ether oxygens (including phenoxy) is 2. The van der Waals surface area contributed by atoms with Crippen molar-refractivity contribution in [2.45, 2.75) is 58.3 Å². The highest BCUT2D eigenvalue weighted by Gasteiger charge is 2.77. The van der Waals surface area contributed by atoms with E-state index >= 15 is 0 Å². The van der Waals surface area contributed by atoms with Crippen molar-refractivity contribution in [2.24, 2.45) is 29.1 Å². The molecule has 142 valence electrons. The van der Waals surface area contributed by atoms with Crippen molar-refractivity contribution in [2.75, 3.05) is 7.11 Å². The van der Waals surface area contributed by atoms with Crippen LogP contribution in [-0.2, 0) is 19.1 Å². The van der Waals surface area contributed by atoms with Crippen LogP contribution in [-0.4, -0.2) is 35.4 Å². The molecule has 0 aromatic heterocycles. The van der Waals surface area contributed by atoms with Crippen LogP contribution in [0.2, 0.25) is 0 Å². The lowest BCUT2D eigenvalue weighted by Crippen LogP contribution is -2.62. The Morgan fingerprint density at radius 2 is 2.12 bits per heavy atom. The highest BCUT2D eigenvalue weighted by atomic mass is 16.7. The van der Waals surface area contributed by atoms with Crippen molar-refractivity contribution in [3.05, 3.63) is 23.3 Å². The lowest BCUT2D eigenvalue weighted by atomic mass is 9.47. The Labute approximate surface area is 154 Å². The number of carbonyl (C=O) groups excluding carboxylic acids is 2. The van der Waals surface area contributed by atoms with Gasteiger partial charge in [-0.25, -0.2) is 4.79 Å². The van der Waals surface area contributed by atoms with Gasteiger partial charge in [0.1, 0.15) is 5.78 Å². The summed E-state index contributed by atoms with van der Waals surface area (Å²) in [5.41, 5.74) is -0.0237. The van der Waals surface area contributed by atoms with Gasteiger partial charge in [-0.2, -0.15) is 0 Å². The van der Waals surface area contributed by atoms with Gasteiger partial charge in [0.05, 0.1) is 18.6 Å². The molecule has 6 unspecified atom stereocenters. The Bertz CT molecular complexity index is 750. The molecule has 0 radical (unpaired) electrons. The molecular formula is C21H28O5. The smallest absolute Gasteiger partial charge is 0.334 e. The number of rotatable bonds is 2. The third-order valence-electron chi connectivity index (χ3n) is 7.45. The van der Waals surface area contributed by atoms with Gasteiger partial charge >= 0.3 is 5.97 Å². The maximum atomic E-state index is 13.4. The van der Waals surface area contributed by atoms with E-state index < -0.39 is 28.7 Å². The number of allylic oxidation sites excluding steroid dienone is 1. The first kappa shape index (κ1) is 17.9. The van der Waals surface area contributed by atoms with Crippen LogP contribution in [0.1, 0.15) is 47.0 Å². The minimum atomic E-state index is -1.42. The molecule has 4 aliphatic rings. The fourth-order valence-electron chi connectivity index (χ4n) is 6.17. The predicted molar refractivity (Wildman–Crippen MR) is 94.9 cm³/mol.